The zero-order valence-corrected chi connectivity index (χ0v) is 16.2. The average molecular weight is 375 g/mol. The number of nitrogens with zero attached hydrogens (tertiary/aromatic N) is 3. The molecule has 1 aliphatic heterocycles. The number of hydrogen-bond acceptors (Lipinski definition) is 2. The summed E-state index contributed by atoms with van der Waals surface area (Å²) in [5, 5.41) is 1.19. The van der Waals surface area contributed by atoms with Crippen LogP contribution < -0.4 is 0 Å². The molecular formula is C23H25N3O2. The number of amides is 2. The lowest BCUT2D eigenvalue weighted by molar-refractivity contribution is -0.132. The highest BCUT2D eigenvalue weighted by molar-refractivity contribution is 5.94. The van der Waals surface area contributed by atoms with Gasteiger partial charge in [-0.15, -0.1) is 0 Å². The number of hydrogen-bond donors (Lipinski definition) is 0. The molecule has 4 rings (SSSR count). The maximum Gasteiger partial charge on any atom is 0.253 e. The fourth-order valence-corrected chi connectivity index (χ4v) is 3.75. The first-order valence-electron chi connectivity index (χ1n) is 9.79. The van der Waals surface area contributed by atoms with E-state index in [1.807, 2.05) is 59.3 Å². The van der Waals surface area contributed by atoms with E-state index >= 15 is 0 Å². The van der Waals surface area contributed by atoms with Gasteiger partial charge in [0.2, 0.25) is 5.91 Å². The van der Waals surface area contributed by atoms with E-state index in [9.17, 15) is 9.59 Å². The van der Waals surface area contributed by atoms with Crippen LogP contribution in [0.2, 0.25) is 0 Å². The van der Waals surface area contributed by atoms with Crippen LogP contribution in [0.1, 0.15) is 22.3 Å². The van der Waals surface area contributed by atoms with Crippen molar-refractivity contribution >= 4 is 22.7 Å². The van der Waals surface area contributed by atoms with E-state index in [1.54, 1.807) is 0 Å². The first-order valence-corrected chi connectivity index (χ1v) is 9.79. The van der Waals surface area contributed by atoms with E-state index in [1.165, 1.54) is 5.39 Å². The van der Waals surface area contributed by atoms with Gasteiger partial charge in [0.25, 0.3) is 5.91 Å². The molecule has 0 bridgehead atoms. The summed E-state index contributed by atoms with van der Waals surface area (Å²) in [6, 6.07) is 17.9. The van der Waals surface area contributed by atoms with Crippen LogP contribution in [0.5, 0.6) is 0 Å². The van der Waals surface area contributed by atoms with E-state index in [-0.39, 0.29) is 11.8 Å². The maximum atomic E-state index is 12.6. The van der Waals surface area contributed by atoms with E-state index in [0.717, 1.165) is 11.1 Å². The molecule has 2 aromatic carbocycles. The Bertz CT molecular complexity index is 983. The van der Waals surface area contributed by atoms with Crippen LogP contribution in [0, 0.1) is 6.92 Å². The van der Waals surface area contributed by atoms with Crippen molar-refractivity contribution in [1.82, 2.24) is 14.4 Å². The fraction of sp³-hybridized carbons (Fsp3) is 0.304. The van der Waals surface area contributed by atoms with Crippen LogP contribution in [0.25, 0.3) is 10.9 Å². The van der Waals surface area contributed by atoms with Gasteiger partial charge in [-0.25, -0.2) is 0 Å². The monoisotopic (exact) mass is 375 g/mol. The topological polar surface area (TPSA) is 45.6 Å². The van der Waals surface area contributed by atoms with Gasteiger partial charge in [-0.1, -0.05) is 35.9 Å². The number of carbonyl (C=O) groups excluding carboxylic acids is 2. The van der Waals surface area contributed by atoms with Crippen LogP contribution in [-0.4, -0.2) is 52.4 Å². The molecule has 1 fully saturated rings. The van der Waals surface area contributed by atoms with Crippen molar-refractivity contribution in [2.75, 3.05) is 26.2 Å². The minimum absolute atomic E-state index is 0.0471. The number of carbonyl (C=O) groups is 2. The Labute approximate surface area is 165 Å². The molecule has 0 N–H and O–H groups in total. The van der Waals surface area contributed by atoms with Gasteiger partial charge in [-0.05, 0) is 36.6 Å². The van der Waals surface area contributed by atoms with Crippen molar-refractivity contribution < 1.29 is 9.59 Å². The summed E-state index contributed by atoms with van der Waals surface area (Å²) >= 11 is 0. The molecule has 0 spiro atoms. The number of para-hydroxylation sites is 1. The van der Waals surface area contributed by atoms with Gasteiger partial charge < -0.3 is 14.4 Å². The number of fused-ring (bicyclic) bond motifs is 1. The molecule has 0 unspecified atom stereocenters. The second-order valence-corrected chi connectivity index (χ2v) is 7.36. The molecule has 0 saturated carbocycles. The minimum Gasteiger partial charge on any atom is -0.347 e. The zero-order chi connectivity index (χ0) is 19.5. The third-order valence-electron chi connectivity index (χ3n) is 5.46. The van der Waals surface area contributed by atoms with Crippen LogP contribution >= 0.6 is 0 Å². The quantitative estimate of drug-likeness (QED) is 0.702. The second kappa shape index (κ2) is 7.89. The number of rotatable bonds is 4. The summed E-state index contributed by atoms with van der Waals surface area (Å²) in [5.41, 5.74) is 3.01. The van der Waals surface area contributed by atoms with E-state index in [0.29, 0.717) is 44.7 Å². The Morgan fingerprint density at radius 2 is 1.54 bits per heavy atom. The normalized spacial score (nSPS) is 14.5. The van der Waals surface area contributed by atoms with Crippen LogP contribution in [0.3, 0.4) is 0 Å². The molecule has 2 heterocycles. The van der Waals surface area contributed by atoms with Gasteiger partial charge in [0.05, 0.1) is 0 Å². The lowest BCUT2D eigenvalue weighted by atomic mass is 10.1. The molecule has 1 aliphatic rings. The second-order valence-electron chi connectivity index (χ2n) is 7.36. The molecule has 28 heavy (non-hydrogen) atoms. The van der Waals surface area contributed by atoms with Crippen molar-refractivity contribution in [3.63, 3.8) is 0 Å². The summed E-state index contributed by atoms with van der Waals surface area (Å²) in [6.07, 6.45) is 2.51. The highest BCUT2D eigenvalue weighted by Gasteiger charge is 2.24. The predicted octanol–water partition coefficient (Wildman–Crippen LogP) is 3.32. The van der Waals surface area contributed by atoms with Gasteiger partial charge in [0.1, 0.15) is 0 Å². The van der Waals surface area contributed by atoms with Crippen molar-refractivity contribution in [3.8, 4) is 0 Å². The summed E-state index contributed by atoms with van der Waals surface area (Å²) in [6.45, 7) is 5.06. The lowest BCUT2D eigenvalue weighted by Crippen LogP contribution is -2.50. The summed E-state index contributed by atoms with van der Waals surface area (Å²) in [4.78, 5) is 29.0. The molecule has 0 radical (unpaired) electrons. The van der Waals surface area contributed by atoms with Crippen LogP contribution in [0.4, 0.5) is 0 Å². The van der Waals surface area contributed by atoms with E-state index < -0.39 is 0 Å². The number of aromatic nitrogens is 1. The first-order chi connectivity index (χ1) is 13.6. The van der Waals surface area contributed by atoms with Crippen molar-refractivity contribution in [1.29, 1.82) is 0 Å². The van der Waals surface area contributed by atoms with Gasteiger partial charge in [0.15, 0.2) is 0 Å². The van der Waals surface area contributed by atoms with E-state index in [2.05, 4.69) is 22.8 Å². The Morgan fingerprint density at radius 1 is 0.857 bits per heavy atom. The Hall–Kier alpha value is -3.08. The Morgan fingerprint density at radius 3 is 2.29 bits per heavy atom. The molecule has 5 heteroatoms. The largest absolute Gasteiger partial charge is 0.347 e. The molecule has 5 nitrogen and oxygen atoms in total. The molecule has 144 valence electrons. The first kappa shape index (κ1) is 18.3. The van der Waals surface area contributed by atoms with Crippen LogP contribution in [-0.2, 0) is 11.3 Å². The number of aryl methyl sites for hydroxylation is 2. The Balaban J connectivity index is 1.30. The Kier molecular flexibility index (Phi) is 5.15. The standard InChI is InChI=1S/C23H25N3O2/c1-18-6-8-20(9-7-18)23(28)26-16-14-25(15-17-26)22(27)11-13-24-12-10-19-4-2-3-5-21(19)24/h2-10,12H,11,13-17H2,1H3. The smallest absolute Gasteiger partial charge is 0.253 e. The minimum atomic E-state index is 0.0471. The highest BCUT2D eigenvalue weighted by Crippen LogP contribution is 2.16. The molecular weight excluding hydrogens is 350 g/mol. The zero-order valence-electron chi connectivity index (χ0n) is 16.2. The third kappa shape index (κ3) is 3.79. The molecule has 2 amide bonds. The maximum absolute atomic E-state index is 12.6. The highest BCUT2D eigenvalue weighted by atomic mass is 16.2. The van der Waals surface area contributed by atoms with Crippen molar-refractivity contribution in [2.24, 2.45) is 0 Å². The van der Waals surface area contributed by atoms with Gasteiger partial charge >= 0.3 is 0 Å². The van der Waals surface area contributed by atoms with Gasteiger partial charge in [0, 0.05) is 56.4 Å². The third-order valence-corrected chi connectivity index (χ3v) is 5.46. The van der Waals surface area contributed by atoms with Crippen molar-refractivity contribution in [3.05, 3.63) is 71.9 Å². The molecule has 0 atom stereocenters. The number of benzene rings is 2. The van der Waals surface area contributed by atoms with E-state index in [4.69, 9.17) is 0 Å². The van der Waals surface area contributed by atoms with Crippen molar-refractivity contribution in [2.45, 2.75) is 19.9 Å². The van der Waals surface area contributed by atoms with Gasteiger partial charge in [-0.3, -0.25) is 9.59 Å². The summed E-state index contributed by atoms with van der Waals surface area (Å²) in [5.74, 6) is 0.200. The molecule has 0 aliphatic carbocycles. The average Bonchev–Trinajstić information content (AvgIpc) is 3.15. The summed E-state index contributed by atoms with van der Waals surface area (Å²) < 4.78 is 2.13. The SMILES string of the molecule is Cc1ccc(C(=O)N2CCN(C(=O)CCn3ccc4ccccc43)CC2)cc1. The fourth-order valence-electron chi connectivity index (χ4n) is 3.75. The molecule has 1 aromatic heterocycles. The summed E-state index contributed by atoms with van der Waals surface area (Å²) in [7, 11) is 0. The van der Waals surface area contributed by atoms with Crippen LogP contribution in [0.15, 0.2) is 60.8 Å². The van der Waals surface area contributed by atoms with Gasteiger partial charge in [-0.2, -0.15) is 0 Å². The number of piperazine rings is 1. The molecule has 1 saturated heterocycles. The lowest BCUT2D eigenvalue weighted by Gasteiger charge is -2.35. The predicted molar refractivity (Wildman–Crippen MR) is 110 cm³/mol. The molecule has 3 aromatic rings.